The Morgan fingerprint density at radius 2 is 1.56 bits per heavy atom. The van der Waals surface area contributed by atoms with Gasteiger partial charge in [-0.05, 0) is 18.6 Å². The number of hydrogen-bond acceptors (Lipinski definition) is 6. The van der Waals surface area contributed by atoms with Crippen LogP contribution in [0.4, 0.5) is 0 Å². The minimum absolute atomic E-state index is 0.0244. The highest BCUT2D eigenvalue weighted by Gasteiger charge is 2.32. The first-order chi connectivity index (χ1) is 12.0. The molecule has 0 aliphatic carbocycles. The molecule has 0 aliphatic rings. The molecule has 0 bridgehead atoms. The van der Waals surface area contributed by atoms with Crippen molar-refractivity contribution in [2.45, 2.75) is 13.3 Å². The Morgan fingerprint density at radius 3 is 2.04 bits per heavy atom. The summed E-state index contributed by atoms with van der Waals surface area (Å²) in [5.74, 6) is -0.414. The topological polar surface area (TPSA) is 71.1 Å². The number of para-hydroxylation sites is 1. The first kappa shape index (κ1) is 20.4. The molecule has 0 atom stereocenters. The molecule has 0 N–H and O–H groups in total. The van der Waals surface area contributed by atoms with Gasteiger partial charge in [0.1, 0.15) is 19.0 Å². The van der Waals surface area contributed by atoms with Gasteiger partial charge in [0.25, 0.3) is 0 Å². The van der Waals surface area contributed by atoms with E-state index in [0.29, 0.717) is 12.2 Å². The van der Waals surface area contributed by atoms with Gasteiger partial charge in [0.2, 0.25) is 0 Å². The number of benzene rings is 1. The van der Waals surface area contributed by atoms with Gasteiger partial charge in [-0.3, -0.25) is 0 Å². The van der Waals surface area contributed by atoms with Crippen molar-refractivity contribution in [2.75, 3.05) is 26.6 Å². The van der Waals surface area contributed by atoms with Crippen LogP contribution in [-0.4, -0.2) is 38.6 Å². The Hall–Kier alpha value is -2.60. The van der Waals surface area contributed by atoms with Crippen LogP contribution in [0, 0.1) is 5.41 Å². The molecule has 0 saturated heterocycles. The maximum Gasteiger partial charge on any atom is 0.330 e. The highest BCUT2D eigenvalue weighted by molar-refractivity contribution is 5.81. The van der Waals surface area contributed by atoms with Gasteiger partial charge in [0.15, 0.2) is 6.79 Å². The fourth-order valence-electron chi connectivity index (χ4n) is 1.88. The van der Waals surface area contributed by atoms with E-state index in [4.69, 9.17) is 18.9 Å². The van der Waals surface area contributed by atoms with Gasteiger partial charge < -0.3 is 18.9 Å². The number of carbonyl (C=O) groups excluding carboxylic acids is 2. The van der Waals surface area contributed by atoms with Crippen LogP contribution in [0.3, 0.4) is 0 Å². The first-order valence-corrected chi connectivity index (χ1v) is 7.89. The maximum absolute atomic E-state index is 11.4. The molecule has 0 radical (unpaired) electrons. The summed E-state index contributed by atoms with van der Waals surface area (Å²) in [4.78, 5) is 22.7. The third-order valence-electron chi connectivity index (χ3n) is 3.58. The van der Waals surface area contributed by atoms with Crippen molar-refractivity contribution >= 4 is 11.9 Å². The zero-order valence-corrected chi connectivity index (χ0v) is 14.4. The lowest BCUT2D eigenvalue weighted by Gasteiger charge is -2.31. The third kappa shape index (κ3) is 7.67. The van der Waals surface area contributed by atoms with Crippen molar-refractivity contribution in [2.24, 2.45) is 5.41 Å². The van der Waals surface area contributed by atoms with Crippen molar-refractivity contribution in [3.63, 3.8) is 0 Å². The van der Waals surface area contributed by atoms with Crippen LogP contribution in [0.2, 0.25) is 0 Å². The summed E-state index contributed by atoms with van der Waals surface area (Å²) in [5, 5.41) is 0. The fraction of sp³-hybridized carbons (Fsp3) is 0.368. The van der Waals surface area contributed by atoms with Crippen LogP contribution in [0.25, 0.3) is 0 Å². The van der Waals surface area contributed by atoms with E-state index in [2.05, 4.69) is 13.2 Å². The van der Waals surface area contributed by atoms with Crippen molar-refractivity contribution < 1.29 is 28.5 Å². The first-order valence-electron chi connectivity index (χ1n) is 7.89. The standard InChI is InChI=1S/C19H24O6/c1-4-17(20)23-13-19(6-3,14-24-18(21)5-2)12-22-15-25-16-10-8-7-9-11-16/h4-5,7-11H,1-2,6,12-15H2,3H3. The van der Waals surface area contributed by atoms with Gasteiger partial charge in [-0.25, -0.2) is 9.59 Å². The van der Waals surface area contributed by atoms with Gasteiger partial charge in [0.05, 0.1) is 12.0 Å². The molecule has 0 unspecified atom stereocenters. The summed E-state index contributed by atoms with van der Waals surface area (Å²) < 4.78 is 21.3. The predicted molar refractivity (Wildman–Crippen MR) is 92.9 cm³/mol. The van der Waals surface area contributed by atoms with Crippen molar-refractivity contribution in [1.29, 1.82) is 0 Å². The quantitative estimate of drug-likeness (QED) is 0.250. The summed E-state index contributed by atoms with van der Waals surface area (Å²) in [5.41, 5.74) is -0.683. The number of hydrogen-bond donors (Lipinski definition) is 0. The van der Waals surface area contributed by atoms with Crippen LogP contribution in [0.5, 0.6) is 5.75 Å². The zero-order chi connectivity index (χ0) is 18.5. The largest absolute Gasteiger partial charge is 0.468 e. The molecule has 0 amide bonds. The van der Waals surface area contributed by atoms with E-state index >= 15 is 0 Å². The second-order valence-electron chi connectivity index (χ2n) is 5.40. The Labute approximate surface area is 148 Å². The monoisotopic (exact) mass is 348 g/mol. The van der Waals surface area contributed by atoms with E-state index in [1.165, 1.54) is 0 Å². The average Bonchev–Trinajstić information content (AvgIpc) is 2.67. The van der Waals surface area contributed by atoms with Crippen LogP contribution in [0.15, 0.2) is 55.6 Å². The van der Waals surface area contributed by atoms with Crippen LogP contribution >= 0.6 is 0 Å². The van der Waals surface area contributed by atoms with Crippen LogP contribution < -0.4 is 4.74 Å². The normalized spacial score (nSPS) is 10.6. The molecule has 6 nitrogen and oxygen atoms in total. The molecular formula is C19H24O6. The summed E-state index contributed by atoms with van der Waals surface area (Å²) in [6.07, 6.45) is 2.72. The predicted octanol–water partition coefficient (Wildman–Crippen LogP) is 2.89. The summed E-state index contributed by atoms with van der Waals surface area (Å²) in [7, 11) is 0. The Balaban J connectivity index is 2.60. The second kappa shape index (κ2) is 11.0. The van der Waals surface area contributed by atoms with E-state index in [1.807, 2.05) is 37.3 Å². The highest BCUT2D eigenvalue weighted by atomic mass is 16.7. The Kier molecular flexibility index (Phi) is 9.03. The fourth-order valence-corrected chi connectivity index (χ4v) is 1.88. The molecule has 0 aromatic heterocycles. The minimum atomic E-state index is -0.683. The molecular weight excluding hydrogens is 324 g/mol. The van der Waals surface area contributed by atoms with Gasteiger partial charge in [-0.15, -0.1) is 0 Å². The van der Waals surface area contributed by atoms with E-state index in [1.54, 1.807) is 0 Å². The number of rotatable bonds is 12. The van der Waals surface area contributed by atoms with Crippen LogP contribution in [0.1, 0.15) is 13.3 Å². The molecule has 136 valence electrons. The average molecular weight is 348 g/mol. The molecule has 6 heteroatoms. The maximum atomic E-state index is 11.4. The summed E-state index contributed by atoms with van der Waals surface area (Å²) >= 11 is 0. The van der Waals surface area contributed by atoms with Crippen molar-refractivity contribution in [3.05, 3.63) is 55.6 Å². The van der Waals surface area contributed by atoms with E-state index in [0.717, 1.165) is 12.2 Å². The number of ether oxygens (including phenoxy) is 4. The minimum Gasteiger partial charge on any atom is -0.468 e. The molecule has 1 aromatic rings. The van der Waals surface area contributed by atoms with Gasteiger partial charge in [-0.1, -0.05) is 38.3 Å². The lowest BCUT2D eigenvalue weighted by Crippen LogP contribution is -2.38. The second-order valence-corrected chi connectivity index (χ2v) is 5.40. The summed E-state index contributed by atoms with van der Waals surface area (Å²) in [6, 6.07) is 9.23. The van der Waals surface area contributed by atoms with E-state index in [-0.39, 0.29) is 26.6 Å². The number of esters is 2. The summed E-state index contributed by atoms with van der Waals surface area (Å²) in [6.45, 7) is 8.89. The van der Waals surface area contributed by atoms with E-state index in [9.17, 15) is 9.59 Å². The van der Waals surface area contributed by atoms with Gasteiger partial charge in [-0.2, -0.15) is 0 Å². The van der Waals surface area contributed by atoms with Gasteiger partial charge >= 0.3 is 11.9 Å². The number of carbonyl (C=O) groups is 2. The van der Waals surface area contributed by atoms with Gasteiger partial charge in [0, 0.05) is 12.2 Å². The van der Waals surface area contributed by atoms with Crippen molar-refractivity contribution in [1.82, 2.24) is 0 Å². The molecule has 1 aromatic carbocycles. The molecule has 25 heavy (non-hydrogen) atoms. The Morgan fingerprint density at radius 1 is 1.00 bits per heavy atom. The third-order valence-corrected chi connectivity index (χ3v) is 3.58. The molecule has 1 rings (SSSR count). The van der Waals surface area contributed by atoms with Crippen molar-refractivity contribution in [3.8, 4) is 5.75 Å². The molecule has 0 saturated carbocycles. The lowest BCUT2D eigenvalue weighted by molar-refractivity contribution is -0.153. The molecule has 0 spiro atoms. The molecule has 0 fully saturated rings. The Bertz CT molecular complexity index is 543. The van der Waals surface area contributed by atoms with Crippen LogP contribution in [-0.2, 0) is 23.8 Å². The SMILES string of the molecule is C=CC(=O)OCC(CC)(COCOc1ccccc1)COC(=O)C=C. The smallest absolute Gasteiger partial charge is 0.330 e. The highest BCUT2D eigenvalue weighted by Crippen LogP contribution is 2.24. The lowest BCUT2D eigenvalue weighted by atomic mass is 9.88. The molecule has 0 aliphatic heterocycles. The van der Waals surface area contributed by atoms with E-state index < -0.39 is 17.4 Å². The zero-order valence-electron chi connectivity index (χ0n) is 14.4. The molecule has 0 heterocycles.